The van der Waals surface area contributed by atoms with Crippen LogP contribution in [0.5, 0.6) is 11.5 Å². The average Bonchev–Trinajstić information content (AvgIpc) is 2.19. The molecule has 0 aliphatic rings. The van der Waals surface area contributed by atoms with Gasteiger partial charge in [-0.3, -0.25) is 0 Å². The van der Waals surface area contributed by atoms with Crippen molar-refractivity contribution in [1.29, 1.82) is 0 Å². The Bertz CT molecular complexity index is 550. The number of nitrogens with one attached hydrogen (secondary N) is 1. The van der Waals surface area contributed by atoms with Crippen LogP contribution in [0, 0.1) is 0 Å². The molecule has 2 aromatic rings. The highest BCUT2D eigenvalue weighted by Crippen LogP contribution is 2.28. The van der Waals surface area contributed by atoms with Crippen molar-refractivity contribution < 1.29 is 25.1 Å². The second kappa shape index (κ2) is 3.13. The zero-order valence-electron chi connectivity index (χ0n) is 7.56. The lowest BCUT2D eigenvalue weighted by molar-refractivity contribution is -0.345. The first-order valence-electron chi connectivity index (χ1n) is 4.18. The summed E-state index contributed by atoms with van der Waals surface area (Å²) in [7, 11) is 0. The maximum absolute atomic E-state index is 10.7. The van der Waals surface area contributed by atoms with E-state index in [0.717, 1.165) is 0 Å². The first kappa shape index (κ1) is 9.26. The van der Waals surface area contributed by atoms with E-state index in [9.17, 15) is 15.0 Å². The standard InChI is InChI=1S/C10H7NO4/c12-8-2-5-1-6(10(14)15)4-11-7(5)3-9(8)13/h1-4,12-13H,(H,14,15)/p+1. The molecule has 15 heavy (non-hydrogen) atoms. The highest BCUT2D eigenvalue weighted by atomic mass is 16.4. The number of fused-ring (bicyclic) bond motifs is 1. The molecule has 0 saturated heterocycles. The van der Waals surface area contributed by atoms with E-state index in [0.29, 0.717) is 10.9 Å². The molecule has 0 saturated carbocycles. The third-order valence-corrected chi connectivity index (χ3v) is 2.09. The number of H-pyrrole nitrogens is 1. The van der Waals surface area contributed by atoms with Gasteiger partial charge in [0.2, 0.25) is 5.52 Å². The lowest BCUT2D eigenvalue weighted by Crippen LogP contribution is -2.08. The third kappa shape index (κ3) is 1.54. The molecule has 5 nitrogen and oxygen atoms in total. The van der Waals surface area contributed by atoms with Crippen LogP contribution in [-0.2, 0) is 0 Å². The molecule has 5 heteroatoms. The summed E-state index contributed by atoms with van der Waals surface area (Å²) < 4.78 is 0. The molecule has 1 heterocycles. The van der Waals surface area contributed by atoms with Gasteiger partial charge < -0.3 is 15.3 Å². The molecule has 0 fully saturated rings. The van der Waals surface area contributed by atoms with E-state index in [2.05, 4.69) is 4.98 Å². The van der Waals surface area contributed by atoms with Gasteiger partial charge in [0.15, 0.2) is 17.7 Å². The number of aromatic nitrogens is 1. The number of rotatable bonds is 1. The van der Waals surface area contributed by atoms with Gasteiger partial charge >= 0.3 is 5.97 Å². The summed E-state index contributed by atoms with van der Waals surface area (Å²) >= 11 is 0. The maximum Gasteiger partial charge on any atom is 0.341 e. The first-order valence-corrected chi connectivity index (χ1v) is 4.18. The smallest absolute Gasteiger partial charge is 0.341 e. The first-order chi connectivity index (χ1) is 7.08. The van der Waals surface area contributed by atoms with Gasteiger partial charge in [0.05, 0.1) is 11.5 Å². The van der Waals surface area contributed by atoms with Crippen molar-refractivity contribution in [1.82, 2.24) is 0 Å². The molecule has 0 aliphatic carbocycles. The van der Waals surface area contributed by atoms with Crippen LogP contribution < -0.4 is 4.98 Å². The molecule has 2 rings (SSSR count). The summed E-state index contributed by atoms with van der Waals surface area (Å²) in [5.41, 5.74) is 0.642. The van der Waals surface area contributed by atoms with Crippen molar-refractivity contribution in [3.63, 3.8) is 0 Å². The predicted octanol–water partition coefficient (Wildman–Crippen LogP) is 0.763. The van der Waals surface area contributed by atoms with E-state index < -0.39 is 5.97 Å². The molecule has 76 valence electrons. The molecule has 0 spiro atoms. The number of phenols is 2. The van der Waals surface area contributed by atoms with Crippen LogP contribution in [0.25, 0.3) is 10.9 Å². The Balaban J connectivity index is 2.72. The number of aromatic amines is 1. The minimum Gasteiger partial charge on any atom is -0.504 e. The fraction of sp³-hybridized carbons (Fsp3) is 0. The van der Waals surface area contributed by atoms with Gasteiger partial charge in [0.1, 0.15) is 5.56 Å². The summed E-state index contributed by atoms with van der Waals surface area (Å²) in [6, 6.07) is 4.04. The molecule has 0 aliphatic heterocycles. The molecule has 0 bridgehead atoms. The van der Waals surface area contributed by atoms with E-state index in [1.807, 2.05) is 0 Å². The average molecular weight is 206 g/mol. The van der Waals surface area contributed by atoms with E-state index >= 15 is 0 Å². The topological polar surface area (TPSA) is 91.9 Å². The van der Waals surface area contributed by atoms with Crippen molar-refractivity contribution >= 4 is 16.9 Å². The van der Waals surface area contributed by atoms with Crippen molar-refractivity contribution in [3.8, 4) is 11.5 Å². The molecule has 4 N–H and O–H groups in total. The number of carboxylic acids is 1. The molecule has 0 atom stereocenters. The third-order valence-electron chi connectivity index (χ3n) is 2.09. The summed E-state index contributed by atoms with van der Waals surface area (Å²) in [5, 5.41) is 27.7. The second-order valence-corrected chi connectivity index (χ2v) is 3.12. The van der Waals surface area contributed by atoms with Gasteiger partial charge in [-0.25, -0.2) is 9.78 Å². The number of pyridine rings is 1. The van der Waals surface area contributed by atoms with Gasteiger partial charge in [-0.1, -0.05) is 0 Å². The van der Waals surface area contributed by atoms with Gasteiger partial charge in [-0.15, -0.1) is 0 Å². The van der Waals surface area contributed by atoms with Gasteiger partial charge in [0, 0.05) is 0 Å². The lowest BCUT2D eigenvalue weighted by atomic mass is 10.1. The Labute approximate surface area is 84.2 Å². The van der Waals surface area contributed by atoms with E-state index in [1.54, 1.807) is 0 Å². The molecule has 1 aromatic heterocycles. The number of aromatic carboxylic acids is 1. The predicted molar refractivity (Wildman–Crippen MR) is 50.8 cm³/mol. The van der Waals surface area contributed by atoms with Crippen LogP contribution in [0.2, 0.25) is 0 Å². The minimum atomic E-state index is -1.05. The fourth-order valence-corrected chi connectivity index (χ4v) is 1.33. The quantitative estimate of drug-likeness (QED) is 0.600. The zero-order valence-corrected chi connectivity index (χ0v) is 7.56. The molecule has 0 radical (unpaired) electrons. The number of carbonyl (C=O) groups is 1. The largest absolute Gasteiger partial charge is 0.504 e. The second-order valence-electron chi connectivity index (χ2n) is 3.12. The fourth-order valence-electron chi connectivity index (χ4n) is 1.33. The van der Waals surface area contributed by atoms with Crippen LogP contribution in [-0.4, -0.2) is 21.3 Å². The van der Waals surface area contributed by atoms with Crippen molar-refractivity contribution in [3.05, 3.63) is 30.0 Å². The SMILES string of the molecule is O=C(O)c1c[nH+]c2cc(O)c(O)cc2c1. The number of hydrogen-bond acceptors (Lipinski definition) is 3. The van der Waals surface area contributed by atoms with Gasteiger partial charge in [-0.2, -0.15) is 0 Å². The number of carboxylic acid groups (broad SMARTS) is 1. The molecule has 0 unspecified atom stereocenters. The molecule has 1 aromatic carbocycles. The Morgan fingerprint density at radius 3 is 2.47 bits per heavy atom. The van der Waals surface area contributed by atoms with Crippen LogP contribution >= 0.6 is 0 Å². The van der Waals surface area contributed by atoms with Gasteiger partial charge in [-0.05, 0) is 12.1 Å². The summed E-state index contributed by atoms with van der Waals surface area (Å²) in [4.78, 5) is 13.4. The zero-order chi connectivity index (χ0) is 11.0. The van der Waals surface area contributed by atoms with E-state index in [-0.39, 0.29) is 17.1 Å². The highest BCUT2D eigenvalue weighted by Gasteiger charge is 2.11. The maximum atomic E-state index is 10.7. The minimum absolute atomic E-state index is 0.0904. The van der Waals surface area contributed by atoms with E-state index in [4.69, 9.17) is 5.11 Å². The number of aromatic hydroxyl groups is 2. The van der Waals surface area contributed by atoms with Crippen molar-refractivity contribution in [2.24, 2.45) is 0 Å². The highest BCUT2D eigenvalue weighted by molar-refractivity contribution is 5.91. The van der Waals surface area contributed by atoms with E-state index in [1.165, 1.54) is 24.4 Å². The Kier molecular flexibility index (Phi) is 1.93. The van der Waals surface area contributed by atoms with Crippen molar-refractivity contribution in [2.45, 2.75) is 0 Å². The van der Waals surface area contributed by atoms with Crippen LogP contribution in [0.4, 0.5) is 0 Å². The van der Waals surface area contributed by atoms with Gasteiger partial charge in [0.25, 0.3) is 0 Å². The molecular formula is C10H8NO4+. The normalized spacial score (nSPS) is 10.4. The Morgan fingerprint density at radius 2 is 1.80 bits per heavy atom. The summed E-state index contributed by atoms with van der Waals surface area (Å²) in [6.45, 7) is 0. The Hall–Kier alpha value is -2.30. The Morgan fingerprint density at radius 1 is 1.13 bits per heavy atom. The number of benzene rings is 1. The van der Waals surface area contributed by atoms with Crippen molar-refractivity contribution in [2.75, 3.05) is 0 Å². The molecule has 0 amide bonds. The number of hydrogen-bond donors (Lipinski definition) is 3. The number of phenolic OH excluding ortho intramolecular Hbond substituents is 2. The summed E-state index contributed by atoms with van der Waals surface area (Å²) in [6.07, 6.45) is 1.32. The monoisotopic (exact) mass is 206 g/mol. The lowest BCUT2D eigenvalue weighted by Gasteiger charge is -1.98. The van der Waals surface area contributed by atoms with Crippen LogP contribution in [0.15, 0.2) is 24.4 Å². The van der Waals surface area contributed by atoms with Crippen LogP contribution in [0.3, 0.4) is 0 Å². The molecular weight excluding hydrogens is 198 g/mol. The summed E-state index contributed by atoms with van der Waals surface area (Å²) in [5.74, 6) is -1.58. The van der Waals surface area contributed by atoms with Crippen LogP contribution in [0.1, 0.15) is 10.4 Å².